The lowest BCUT2D eigenvalue weighted by molar-refractivity contribution is -0.137. The molecular formula is C20H26N2O2. The Morgan fingerprint density at radius 2 is 1.54 bits per heavy atom. The summed E-state index contributed by atoms with van der Waals surface area (Å²) in [4.78, 5) is 19.3. The van der Waals surface area contributed by atoms with Crippen LogP contribution in [-0.4, -0.2) is 21.0 Å². The van der Waals surface area contributed by atoms with Gasteiger partial charge in [-0.05, 0) is 61.6 Å². The van der Waals surface area contributed by atoms with E-state index in [-0.39, 0.29) is 0 Å². The van der Waals surface area contributed by atoms with Crippen molar-refractivity contribution in [3.05, 3.63) is 47.8 Å². The molecule has 0 aliphatic heterocycles. The van der Waals surface area contributed by atoms with E-state index in [0.717, 1.165) is 43.5 Å². The first kappa shape index (κ1) is 18.1. The number of carboxylic acid groups (broad SMARTS) is 1. The predicted molar refractivity (Wildman–Crippen MR) is 95.9 cm³/mol. The first-order valence-corrected chi connectivity index (χ1v) is 8.75. The first-order chi connectivity index (χ1) is 11.6. The molecule has 0 aliphatic carbocycles. The van der Waals surface area contributed by atoms with Gasteiger partial charge in [-0.1, -0.05) is 25.7 Å². The number of carboxylic acids is 1. The number of unbranched alkanes of at least 4 members (excludes halogenated alkanes) is 5. The Bertz CT molecular complexity index is 656. The minimum absolute atomic E-state index is 0.298. The molecule has 0 spiro atoms. The normalized spacial score (nSPS) is 10.7. The minimum Gasteiger partial charge on any atom is -0.481 e. The van der Waals surface area contributed by atoms with Crippen LogP contribution >= 0.6 is 0 Å². The third kappa shape index (κ3) is 6.49. The molecule has 2 heterocycles. The Morgan fingerprint density at radius 3 is 2.25 bits per heavy atom. The standard InChI is InChI=1S/C20H26N2O2/c1-16-10-12-21-18(14-16)19-15-17(11-13-22-19)8-6-4-2-3-5-7-9-20(23)24/h10-15H,2-9H2,1H3,(H,23,24). The average molecular weight is 326 g/mol. The topological polar surface area (TPSA) is 63.1 Å². The summed E-state index contributed by atoms with van der Waals surface area (Å²) in [6.45, 7) is 2.06. The molecule has 0 radical (unpaired) electrons. The maximum Gasteiger partial charge on any atom is 0.303 e. The van der Waals surface area contributed by atoms with Crippen LogP contribution < -0.4 is 0 Å². The van der Waals surface area contributed by atoms with Crippen LogP contribution in [0.25, 0.3) is 11.4 Å². The first-order valence-electron chi connectivity index (χ1n) is 8.75. The van der Waals surface area contributed by atoms with E-state index in [0.29, 0.717) is 6.42 Å². The quantitative estimate of drug-likeness (QED) is 0.636. The largest absolute Gasteiger partial charge is 0.481 e. The lowest BCUT2D eigenvalue weighted by atomic mass is 10.0. The fourth-order valence-corrected chi connectivity index (χ4v) is 2.76. The molecule has 4 heteroatoms. The van der Waals surface area contributed by atoms with Gasteiger partial charge in [0.05, 0.1) is 11.4 Å². The van der Waals surface area contributed by atoms with E-state index in [1.54, 1.807) is 0 Å². The van der Waals surface area contributed by atoms with Crippen LogP contribution in [0, 0.1) is 6.92 Å². The molecule has 0 amide bonds. The van der Waals surface area contributed by atoms with Gasteiger partial charge in [-0.2, -0.15) is 0 Å². The van der Waals surface area contributed by atoms with E-state index in [1.807, 2.05) is 18.5 Å². The molecule has 128 valence electrons. The van der Waals surface area contributed by atoms with Crippen LogP contribution in [0.1, 0.15) is 56.1 Å². The SMILES string of the molecule is Cc1ccnc(-c2cc(CCCCCCCCC(=O)O)ccn2)c1. The predicted octanol–water partition coefficient (Wildman–Crippen LogP) is 4.81. The van der Waals surface area contributed by atoms with Gasteiger partial charge in [0, 0.05) is 18.8 Å². The lowest BCUT2D eigenvalue weighted by Gasteiger charge is -2.05. The molecule has 0 saturated heterocycles. The summed E-state index contributed by atoms with van der Waals surface area (Å²) >= 11 is 0. The van der Waals surface area contributed by atoms with Gasteiger partial charge in [0.15, 0.2) is 0 Å². The smallest absolute Gasteiger partial charge is 0.303 e. The van der Waals surface area contributed by atoms with Gasteiger partial charge < -0.3 is 5.11 Å². The summed E-state index contributed by atoms with van der Waals surface area (Å²) < 4.78 is 0. The second-order valence-electron chi connectivity index (χ2n) is 6.28. The maximum atomic E-state index is 10.4. The number of pyridine rings is 2. The second kappa shape index (κ2) is 9.81. The van der Waals surface area contributed by atoms with Crippen LogP contribution in [0.2, 0.25) is 0 Å². The Morgan fingerprint density at radius 1 is 0.917 bits per heavy atom. The summed E-state index contributed by atoms with van der Waals surface area (Å²) in [5, 5.41) is 8.59. The van der Waals surface area contributed by atoms with Crippen LogP contribution in [0.4, 0.5) is 0 Å². The molecule has 1 N–H and O–H groups in total. The molecule has 0 aliphatic rings. The number of carbonyl (C=O) groups is 1. The van der Waals surface area contributed by atoms with Crippen LogP contribution in [0.15, 0.2) is 36.7 Å². The van der Waals surface area contributed by atoms with E-state index < -0.39 is 5.97 Å². The Hall–Kier alpha value is -2.23. The zero-order valence-electron chi connectivity index (χ0n) is 14.4. The molecule has 0 bridgehead atoms. The molecule has 24 heavy (non-hydrogen) atoms. The van der Waals surface area contributed by atoms with Gasteiger partial charge >= 0.3 is 5.97 Å². The molecule has 0 unspecified atom stereocenters. The minimum atomic E-state index is -0.688. The number of rotatable bonds is 10. The maximum absolute atomic E-state index is 10.4. The fraction of sp³-hybridized carbons (Fsp3) is 0.450. The van der Waals surface area contributed by atoms with Gasteiger partial charge in [-0.25, -0.2) is 0 Å². The summed E-state index contributed by atoms with van der Waals surface area (Å²) in [6, 6.07) is 8.26. The number of hydrogen-bond donors (Lipinski definition) is 1. The van der Waals surface area contributed by atoms with Crippen molar-refractivity contribution in [3.8, 4) is 11.4 Å². The molecule has 2 aromatic rings. The van der Waals surface area contributed by atoms with E-state index >= 15 is 0 Å². The van der Waals surface area contributed by atoms with Crippen LogP contribution in [-0.2, 0) is 11.2 Å². The van der Waals surface area contributed by atoms with E-state index in [1.165, 1.54) is 24.0 Å². The summed E-state index contributed by atoms with van der Waals surface area (Å²) in [5.74, 6) is -0.688. The summed E-state index contributed by atoms with van der Waals surface area (Å²) in [6.07, 6.45) is 11.5. The van der Waals surface area contributed by atoms with Crippen molar-refractivity contribution in [2.75, 3.05) is 0 Å². The molecular weight excluding hydrogens is 300 g/mol. The number of aromatic nitrogens is 2. The van der Waals surface area contributed by atoms with Crippen LogP contribution in [0.5, 0.6) is 0 Å². The van der Waals surface area contributed by atoms with Gasteiger partial charge in [-0.15, -0.1) is 0 Å². The fourth-order valence-electron chi connectivity index (χ4n) is 2.76. The highest BCUT2D eigenvalue weighted by Crippen LogP contribution is 2.18. The van der Waals surface area contributed by atoms with E-state index in [4.69, 9.17) is 5.11 Å². The number of hydrogen-bond acceptors (Lipinski definition) is 3. The van der Waals surface area contributed by atoms with Crippen molar-refractivity contribution in [2.24, 2.45) is 0 Å². The lowest BCUT2D eigenvalue weighted by Crippen LogP contribution is -1.94. The highest BCUT2D eigenvalue weighted by molar-refractivity contribution is 5.66. The van der Waals surface area contributed by atoms with Crippen molar-refractivity contribution in [1.82, 2.24) is 9.97 Å². The zero-order valence-corrected chi connectivity index (χ0v) is 14.4. The highest BCUT2D eigenvalue weighted by atomic mass is 16.4. The zero-order chi connectivity index (χ0) is 17.2. The molecule has 0 saturated carbocycles. The number of nitrogens with zero attached hydrogens (tertiary/aromatic N) is 2. The Balaban J connectivity index is 1.72. The highest BCUT2D eigenvalue weighted by Gasteiger charge is 2.03. The molecule has 2 rings (SSSR count). The molecule has 0 atom stereocenters. The summed E-state index contributed by atoms with van der Waals surface area (Å²) in [5.41, 5.74) is 4.35. The number of aryl methyl sites for hydroxylation is 2. The molecule has 0 fully saturated rings. The van der Waals surface area contributed by atoms with E-state index in [2.05, 4.69) is 35.1 Å². The molecule has 2 aromatic heterocycles. The van der Waals surface area contributed by atoms with Crippen LogP contribution in [0.3, 0.4) is 0 Å². The van der Waals surface area contributed by atoms with Crippen molar-refractivity contribution < 1.29 is 9.90 Å². The van der Waals surface area contributed by atoms with Crippen molar-refractivity contribution in [1.29, 1.82) is 0 Å². The third-order valence-corrected chi connectivity index (χ3v) is 4.11. The van der Waals surface area contributed by atoms with Crippen molar-refractivity contribution >= 4 is 5.97 Å². The third-order valence-electron chi connectivity index (χ3n) is 4.11. The van der Waals surface area contributed by atoms with Gasteiger partial charge in [0.2, 0.25) is 0 Å². The molecule has 0 aromatic carbocycles. The van der Waals surface area contributed by atoms with Crippen molar-refractivity contribution in [2.45, 2.75) is 58.3 Å². The monoisotopic (exact) mass is 326 g/mol. The van der Waals surface area contributed by atoms with Crippen molar-refractivity contribution in [3.63, 3.8) is 0 Å². The van der Waals surface area contributed by atoms with Gasteiger partial charge in [-0.3, -0.25) is 14.8 Å². The Kier molecular flexibility index (Phi) is 7.40. The summed E-state index contributed by atoms with van der Waals surface area (Å²) in [7, 11) is 0. The van der Waals surface area contributed by atoms with Gasteiger partial charge in [0.25, 0.3) is 0 Å². The molecule has 4 nitrogen and oxygen atoms in total. The number of aliphatic carboxylic acids is 1. The van der Waals surface area contributed by atoms with E-state index in [9.17, 15) is 4.79 Å². The Labute approximate surface area is 144 Å². The second-order valence-corrected chi connectivity index (χ2v) is 6.28. The average Bonchev–Trinajstić information content (AvgIpc) is 2.57. The van der Waals surface area contributed by atoms with Gasteiger partial charge in [0.1, 0.15) is 0 Å².